The number of rotatable bonds is 5. The molecule has 1 aliphatic heterocycles. The van der Waals surface area contributed by atoms with Crippen molar-refractivity contribution in [2.24, 2.45) is 5.92 Å². The third-order valence-electron chi connectivity index (χ3n) is 4.91. The van der Waals surface area contributed by atoms with E-state index in [0.29, 0.717) is 17.4 Å². The number of hydrogen-bond acceptors (Lipinski definition) is 5. The predicted molar refractivity (Wildman–Crippen MR) is 96.7 cm³/mol. The van der Waals surface area contributed by atoms with Crippen molar-refractivity contribution in [3.05, 3.63) is 29.8 Å². The Bertz CT molecular complexity index is 699. The molecule has 2 aliphatic rings. The molecule has 140 valence electrons. The first-order valence-electron chi connectivity index (χ1n) is 9.11. The maximum Gasteiger partial charge on any atom is 0.331 e. The van der Waals surface area contributed by atoms with Gasteiger partial charge in [0, 0.05) is 12.1 Å². The predicted octanol–water partition coefficient (Wildman–Crippen LogP) is 3.06. The molecule has 0 bridgehead atoms. The van der Waals surface area contributed by atoms with Gasteiger partial charge < -0.3 is 19.5 Å². The van der Waals surface area contributed by atoms with Crippen molar-refractivity contribution in [2.45, 2.75) is 51.7 Å². The Hall–Kier alpha value is -2.50. The van der Waals surface area contributed by atoms with Crippen molar-refractivity contribution in [3.8, 4) is 11.5 Å². The average Bonchev–Trinajstić information content (AvgIpc) is 3.09. The normalized spacial score (nSPS) is 22.8. The lowest BCUT2D eigenvalue weighted by atomic mass is 9.86. The Kier molecular flexibility index (Phi) is 5.81. The molecule has 26 heavy (non-hydrogen) atoms. The van der Waals surface area contributed by atoms with E-state index >= 15 is 0 Å². The Morgan fingerprint density at radius 3 is 2.81 bits per heavy atom. The molecule has 1 heterocycles. The fourth-order valence-corrected chi connectivity index (χ4v) is 3.28. The Morgan fingerprint density at radius 1 is 1.23 bits per heavy atom. The highest BCUT2D eigenvalue weighted by Crippen LogP contribution is 2.32. The largest absolute Gasteiger partial charge is 0.454 e. The zero-order valence-corrected chi connectivity index (χ0v) is 15.2. The molecule has 0 aromatic heterocycles. The first kappa shape index (κ1) is 18.3. The van der Waals surface area contributed by atoms with Crippen LogP contribution in [-0.2, 0) is 14.3 Å². The highest BCUT2D eigenvalue weighted by Gasteiger charge is 2.26. The minimum Gasteiger partial charge on any atom is -0.454 e. The summed E-state index contributed by atoms with van der Waals surface area (Å²) in [5, 5.41) is 3.01. The Labute approximate surface area is 153 Å². The molecule has 0 radical (unpaired) electrons. The number of nitrogens with one attached hydrogen (secondary N) is 1. The molecule has 0 saturated heterocycles. The Balaban J connectivity index is 1.49. The van der Waals surface area contributed by atoms with Crippen LogP contribution in [0, 0.1) is 5.92 Å². The molecule has 1 aromatic carbocycles. The third kappa shape index (κ3) is 4.56. The van der Waals surface area contributed by atoms with Gasteiger partial charge in [-0.2, -0.15) is 0 Å². The zero-order chi connectivity index (χ0) is 18.5. The lowest BCUT2D eigenvalue weighted by molar-refractivity contribution is -0.150. The van der Waals surface area contributed by atoms with Gasteiger partial charge in [0.1, 0.15) is 0 Å². The molecule has 6 nitrogen and oxygen atoms in total. The summed E-state index contributed by atoms with van der Waals surface area (Å²) in [6, 6.07) is 5.56. The number of fused-ring (bicyclic) bond motifs is 1. The van der Waals surface area contributed by atoms with Gasteiger partial charge in [-0.05, 0) is 49.5 Å². The molecule has 1 aromatic rings. The van der Waals surface area contributed by atoms with E-state index in [1.165, 1.54) is 12.5 Å². The van der Waals surface area contributed by atoms with E-state index in [9.17, 15) is 9.59 Å². The molecule has 3 atom stereocenters. The van der Waals surface area contributed by atoms with Crippen LogP contribution in [0.5, 0.6) is 11.5 Å². The van der Waals surface area contributed by atoms with Crippen LogP contribution in [0.3, 0.4) is 0 Å². The second kappa shape index (κ2) is 8.25. The van der Waals surface area contributed by atoms with Crippen LogP contribution >= 0.6 is 0 Å². The second-order valence-corrected chi connectivity index (χ2v) is 6.90. The summed E-state index contributed by atoms with van der Waals surface area (Å²) in [5.41, 5.74) is 0.791. The van der Waals surface area contributed by atoms with E-state index in [4.69, 9.17) is 14.2 Å². The molecule has 3 rings (SSSR count). The molecule has 1 amide bonds. The standard InChI is InChI=1S/C20H25NO5/c1-13-5-3-4-6-16(13)21-20(23)14(2)26-19(22)10-8-15-7-9-17-18(11-15)25-12-24-17/h7-11,13-14,16H,3-6,12H2,1-2H3,(H,21,23)/b10-8+/t13-,14-,16-/m1/s1. The summed E-state index contributed by atoms with van der Waals surface area (Å²) in [6.07, 6.45) is 6.56. The van der Waals surface area contributed by atoms with Crippen molar-refractivity contribution in [1.82, 2.24) is 5.32 Å². The lowest BCUT2D eigenvalue weighted by Crippen LogP contribution is -2.45. The number of carbonyl (C=O) groups excluding carboxylic acids is 2. The molecule has 0 unspecified atom stereocenters. The summed E-state index contributed by atoms with van der Waals surface area (Å²) >= 11 is 0. The van der Waals surface area contributed by atoms with Crippen LogP contribution in [0.15, 0.2) is 24.3 Å². The number of esters is 1. The van der Waals surface area contributed by atoms with E-state index in [1.54, 1.807) is 25.1 Å². The summed E-state index contributed by atoms with van der Waals surface area (Å²) in [7, 11) is 0. The fourth-order valence-electron chi connectivity index (χ4n) is 3.28. The second-order valence-electron chi connectivity index (χ2n) is 6.90. The van der Waals surface area contributed by atoms with Crippen molar-refractivity contribution in [2.75, 3.05) is 6.79 Å². The zero-order valence-electron chi connectivity index (χ0n) is 15.2. The molecular formula is C20H25NO5. The molecule has 1 N–H and O–H groups in total. The summed E-state index contributed by atoms with van der Waals surface area (Å²) < 4.78 is 15.8. The van der Waals surface area contributed by atoms with E-state index < -0.39 is 12.1 Å². The highest BCUT2D eigenvalue weighted by atomic mass is 16.7. The Morgan fingerprint density at radius 2 is 2.00 bits per heavy atom. The van der Waals surface area contributed by atoms with E-state index in [2.05, 4.69) is 12.2 Å². The number of ether oxygens (including phenoxy) is 3. The van der Waals surface area contributed by atoms with Crippen molar-refractivity contribution >= 4 is 18.0 Å². The van der Waals surface area contributed by atoms with Crippen molar-refractivity contribution in [1.29, 1.82) is 0 Å². The van der Waals surface area contributed by atoms with Crippen LogP contribution in [0.2, 0.25) is 0 Å². The first-order valence-corrected chi connectivity index (χ1v) is 9.11. The molecule has 1 saturated carbocycles. The average molecular weight is 359 g/mol. The van der Waals surface area contributed by atoms with E-state index in [1.807, 2.05) is 6.07 Å². The lowest BCUT2D eigenvalue weighted by Gasteiger charge is -2.30. The van der Waals surface area contributed by atoms with Gasteiger partial charge in [0.05, 0.1) is 0 Å². The smallest absolute Gasteiger partial charge is 0.331 e. The van der Waals surface area contributed by atoms with Gasteiger partial charge in [0.15, 0.2) is 17.6 Å². The van der Waals surface area contributed by atoms with Crippen LogP contribution < -0.4 is 14.8 Å². The third-order valence-corrected chi connectivity index (χ3v) is 4.91. The number of benzene rings is 1. The monoisotopic (exact) mass is 359 g/mol. The number of amides is 1. The van der Waals surface area contributed by atoms with Crippen LogP contribution in [0.4, 0.5) is 0 Å². The van der Waals surface area contributed by atoms with Gasteiger partial charge in [-0.1, -0.05) is 25.8 Å². The minimum atomic E-state index is -0.821. The van der Waals surface area contributed by atoms with Crippen LogP contribution in [-0.4, -0.2) is 30.8 Å². The number of carbonyl (C=O) groups is 2. The molecule has 1 fully saturated rings. The van der Waals surface area contributed by atoms with Crippen LogP contribution in [0.1, 0.15) is 45.1 Å². The molecule has 0 spiro atoms. The van der Waals surface area contributed by atoms with Gasteiger partial charge in [0.25, 0.3) is 5.91 Å². The van der Waals surface area contributed by atoms with Crippen molar-refractivity contribution in [3.63, 3.8) is 0 Å². The topological polar surface area (TPSA) is 73.9 Å². The molecule has 6 heteroatoms. The summed E-state index contributed by atoms with van der Waals surface area (Å²) in [5.74, 6) is 0.999. The first-order chi connectivity index (χ1) is 12.5. The van der Waals surface area contributed by atoms with E-state index in [-0.39, 0.29) is 18.7 Å². The minimum absolute atomic E-state index is 0.168. The van der Waals surface area contributed by atoms with Crippen molar-refractivity contribution < 1.29 is 23.8 Å². The maximum atomic E-state index is 12.3. The quantitative estimate of drug-likeness (QED) is 0.646. The van der Waals surface area contributed by atoms with Crippen LogP contribution in [0.25, 0.3) is 6.08 Å². The summed E-state index contributed by atoms with van der Waals surface area (Å²) in [4.78, 5) is 24.2. The van der Waals surface area contributed by atoms with Gasteiger partial charge in [0.2, 0.25) is 6.79 Å². The van der Waals surface area contributed by atoms with Gasteiger partial charge >= 0.3 is 5.97 Å². The van der Waals surface area contributed by atoms with Gasteiger partial charge in [-0.3, -0.25) is 4.79 Å². The fraction of sp³-hybridized carbons (Fsp3) is 0.500. The molecule has 1 aliphatic carbocycles. The number of hydrogen-bond donors (Lipinski definition) is 1. The van der Waals surface area contributed by atoms with Gasteiger partial charge in [-0.15, -0.1) is 0 Å². The SMILES string of the molecule is C[C@@H]1CCCC[C@H]1NC(=O)[C@@H](C)OC(=O)/C=C/c1ccc2c(c1)OCO2. The molecular weight excluding hydrogens is 334 g/mol. The van der Waals surface area contributed by atoms with E-state index in [0.717, 1.165) is 24.8 Å². The summed E-state index contributed by atoms with van der Waals surface area (Å²) in [6.45, 7) is 3.95. The maximum absolute atomic E-state index is 12.3. The highest BCUT2D eigenvalue weighted by molar-refractivity contribution is 5.90. The van der Waals surface area contributed by atoms with Gasteiger partial charge in [-0.25, -0.2) is 4.79 Å².